The van der Waals surface area contributed by atoms with Gasteiger partial charge in [0.1, 0.15) is 17.3 Å². The quantitative estimate of drug-likeness (QED) is 0.266. The van der Waals surface area contributed by atoms with E-state index < -0.39 is 17.9 Å². The number of hydrogen-bond acceptors (Lipinski definition) is 8. The lowest BCUT2D eigenvalue weighted by atomic mass is 10.1. The molecule has 3 heterocycles. The van der Waals surface area contributed by atoms with Gasteiger partial charge >= 0.3 is 6.03 Å². The minimum atomic E-state index is -0.858. The summed E-state index contributed by atoms with van der Waals surface area (Å²) >= 11 is 6.32. The van der Waals surface area contributed by atoms with E-state index in [4.69, 9.17) is 26.1 Å². The minimum absolute atomic E-state index is 0. The fourth-order valence-corrected chi connectivity index (χ4v) is 6.42. The van der Waals surface area contributed by atoms with Crippen LogP contribution in [0.5, 0.6) is 11.5 Å². The van der Waals surface area contributed by atoms with E-state index in [-0.39, 0.29) is 26.2 Å². The van der Waals surface area contributed by atoms with Gasteiger partial charge in [0.15, 0.2) is 5.82 Å². The third kappa shape index (κ3) is 6.60. The first-order valence-electron chi connectivity index (χ1n) is 15.8. The second-order valence-corrected chi connectivity index (χ2v) is 12.1. The van der Waals surface area contributed by atoms with Crippen molar-refractivity contribution < 1.29 is 26.3 Å². The number of aromatic nitrogens is 2. The highest BCUT2D eigenvalue weighted by Crippen LogP contribution is 2.37. The number of methoxy groups -OCH3 is 2. The average molecular weight is 682 g/mol. The number of fused-ring (bicyclic) bond motifs is 1. The maximum Gasteiger partial charge on any atom is 0.327 e. The highest BCUT2D eigenvalue weighted by molar-refractivity contribution is 6.31. The van der Waals surface area contributed by atoms with Crippen LogP contribution in [0.3, 0.4) is 0 Å². The van der Waals surface area contributed by atoms with Gasteiger partial charge in [0, 0.05) is 32.7 Å². The molecule has 48 heavy (non-hydrogen) atoms. The Balaban J connectivity index is 0.00000281. The Kier molecular flexibility index (Phi) is 9.69. The van der Waals surface area contributed by atoms with Crippen molar-refractivity contribution in [3.63, 3.8) is 0 Å². The standard InChI is InChI=1S/C34H37ClFN7O5.2H2/c1-21(42(29-13-11-25(47-2)20-30(29)48-3)34(46)38-24-9-7-23(36)8-10-24)31-39-27-12-6-22(35)19-26(27)32(44)43(31)41-17-15-40(16-18-41)33(45)28-5-4-14-37-28;;/h6-13,19-21,28,37H,4-5,14-18H2,1-3H3,(H,38,46);2*1H. The van der Waals surface area contributed by atoms with Crippen molar-refractivity contribution in [3.05, 3.63) is 87.7 Å². The van der Waals surface area contributed by atoms with E-state index in [0.717, 1.165) is 19.4 Å². The average Bonchev–Trinajstić information content (AvgIpc) is 3.65. The Bertz CT molecular complexity index is 1890. The number of nitrogens with one attached hydrogen (secondary N) is 2. The zero-order valence-corrected chi connectivity index (χ0v) is 27.7. The van der Waals surface area contributed by atoms with E-state index in [1.807, 2.05) is 9.91 Å². The van der Waals surface area contributed by atoms with E-state index >= 15 is 0 Å². The molecule has 0 bridgehead atoms. The van der Waals surface area contributed by atoms with Gasteiger partial charge in [-0.05, 0) is 80.9 Å². The van der Waals surface area contributed by atoms with Gasteiger partial charge in [-0.1, -0.05) is 11.6 Å². The molecule has 2 aliphatic heterocycles. The molecular weight excluding hydrogens is 641 g/mol. The van der Waals surface area contributed by atoms with Crippen LogP contribution in [0, 0.1) is 5.82 Å². The second kappa shape index (κ2) is 14.1. The molecule has 256 valence electrons. The van der Waals surface area contributed by atoms with Crippen molar-refractivity contribution in [2.75, 3.05) is 62.2 Å². The van der Waals surface area contributed by atoms with Gasteiger partial charge in [-0.3, -0.25) is 14.5 Å². The highest BCUT2D eigenvalue weighted by Gasteiger charge is 2.34. The molecular formula is C34H41ClFN7O5. The van der Waals surface area contributed by atoms with E-state index in [1.165, 1.54) is 48.1 Å². The predicted octanol–water partition coefficient (Wildman–Crippen LogP) is 5.03. The molecule has 2 unspecified atom stereocenters. The number of urea groups is 1. The molecule has 2 saturated heterocycles. The molecule has 2 N–H and O–H groups in total. The van der Waals surface area contributed by atoms with Gasteiger partial charge < -0.3 is 30.0 Å². The zero-order valence-electron chi connectivity index (χ0n) is 26.9. The molecule has 2 aliphatic rings. The molecule has 0 radical (unpaired) electrons. The fraction of sp³-hybridized carbons (Fsp3) is 0.353. The van der Waals surface area contributed by atoms with E-state index in [0.29, 0.717) is 65.0 Å². The lowest BCUT2D eigenvalue weighted by Gasteiger charge is -2.39. The highest BCUT2D eigenvalue weighted by atomic mass is 35.5. The van der Waals surface area contributed by atoms with Crippen LogP contribution < -0.4 is 35.6 Å². The summed E-state index contributed by atoms with van der Waals surface area (Å²) in [4.78, 5) is 49.9. The Morgan fingerprint density at radius 1 is 1.06 bits per heavy atom. The number of nitrogens with zero attached hydrogens (tertiary/aromatic N) is 5. The largest absolute Gasteiger partial charge is 0.497 e. The molecule has 3 amide bonds. The van der Waals surface area contributed by atoms with Crippen molar-refractivity contribution in [1.82, 2.24) is 19.9 Å². The van der Waals surface area contributed by atoms with Crippen LogP contribution in [-0.4, -0.2) is 79.5 Å². The number of piperazine rings is 1. The number of carbonyl (C=O) groups is 2. The second-order valence-electron chi connectivity index (χ2n) is 11.7. The van der Waals surface area contributed by atoms with Crippen LogP contribution in [-0.2, 0) is 4.79 Å². The summed E-state index contributed by atoms with van der Waals surface area (Å²) in [5.74, 6) is 0.747. The number of carbonyl (C=O) groups excluding carboxylic acids is 2. The van der Waals surface area contributed by atoms with Crippen LogP contribution in [0.15, 0.2) is 65.5 Å². The van der Waals surface area contributed by atoms with Gasteiger partial charge in [0.2, 0.25) is 5.91 Å². The van der Waals surface area contributed by atoms with E-state index in [1.54, 1.807) is 43.3 Å². The smallest absolute Gasteiger partial charge is 0.327 e. The van der Waals surface area contributed by atoms with Crippen LogP contribution in [0.25, 0.3) is 10.9 Å². The van der Waals surface area contributed by atoms with Crippen LogP contribution in [0.2, 0.25) is 5.02 Å². The molecule has 1 aromatic heterocycles. The normalized spacial score (nSPS) is 16.9. The van der Waals surface area contributed by atoms with Crippen LogP contribution in [0.1, 0.15) is 34.5 Å². The molecule has 2 fully saturated rings. The monoisotopic (exact) mass is 681 g/mol. The number of anilines is 2. The summed E-state index contributed by atoms with van der Waals surface area (Å²) in [6.45, 7) is 4.12. The molecule has 0 aliphatic carbocycles. The Morgan fingerprint density at radius 2 is 1.81 bits per heavy atom. The number of halogens is 2. The van der Waals surface area contributed by atoms with Crippen molar-refractivity contribution >= 4 is 45.8 Å². The number of ether oxygens (including phenoxy) is 2. The van der Waals surface area contributed by atoms with Gasteiger partial charge in [0.25, 0.3) is 5.56 Å². The fourth-order valence-electron chi connectivity index (χ4n) is 6.25. The van der Waals surface area contributed by atoms with Gasteiger partial charge in [0.05, 0.1) is 56.0 Å². The van der Waals surface area contributed by atoms with Gasteiger partial charge in [-0.2, -0.15) is 0 Å². The van der Waals surface area contributed by atoms with Crippen LogP contribution in [0.4, 0.5) is 20.6 Å². The molecule has 3 aromatic carbocycles. The van der Waals surface area contributed by atoms with Crippen LogP contribution >= 0.6 is 11.6 Å². The predicted molar refractivity (Wildman–Crippen MR) is 187 cm³/mol. The minimum Gasteiger partial charge on any atom is -0.497 e. The Morgan fingerprint density at radius 3 is 2.48 bits per heavy atom. The zero-order chi connectivity index (χ0) is 33.9. The molecule has 12 nitrogen and oxygen atoms in total. The summed E-state index contributed by atoms with van der Waals surface area (Å²) in [6.07, 6.45) is 1.77. The van der Waals surface area contributed by atoms with Crippen molar-refractivity contribution in [2.45, 2.75) is 31.8 Å². The molecule has 14 heteroatoms. The number of hydrogen-bond donors (Lipinski definition) is 2. The number of amides is 3. The Labute approximate surface area is 284 Å². The maximum absolute atomic E-state index is 14.3. The summed E-state index contributed by atoms with van der Waals surface area (Å²) in [6, 6.07) is 13.7. The Hall–Kier alpha value is -4.88. The first-order valence-corrected chi connectivity index (χ1v) is 16.1. The summed E-state index contributed by atoms with van der Waals surface area (Å²) < 4.78 is 26.3. The third-order valence-electron chi connectivity index (χ3n) is 8.76. The van der Waals surface area contributed by atoms with Crippen molar-refractivity contribution in [1.29, 1.82) is 0 Å². The maximum atomic E-state index is 14.3. The van der Waals surface area contributed by atoms with E-state index in [2.05, 4.69) is 10.6 Å². The van der Waals surface area contributed by atoms with Crippen molar-refractivity contribution in [2.24, 2.45) is 0 Å². The topological polar surface area (TPSA) is 121 Å². The first-order chi connectivity index (χ1) is 23.2. The number of rotatable bonds is 8. The molecule has 6 rings (SSSR count). The van der Waals surface area contributed by atoms with Gasteiger partial charge in [-0.15, -0.1) is 0 Å². The third-order valence-corrected chi connectivity index (χ3v) is 9.00. The van der Waals surface area contributed by atoms with Gasteiger partial charge in [-0.25, -0.2) is 18.8 Å². The molecule has 0 saturated carbocycles. The molecule has 4 aromatic rings. The number of benzene rings is 3. The van der Waals surface area contributed by atoms with Crippen molar-refractivity contribution in [3.8, 4) is 11.5 Å². The summed E-state index contributed by atoms with van der Waals surface area (Å²) in [5.41, 5.74) is 0.787. The lowest BCUT2D eigenvalue weighted by Crippen LogP contribution is -2.58. The summed E-state index contributed by atoms with van der Waals surface area (Å²) in [5, 5.41) is 8.66. The molecule has 2 atom stereocenters. The van der Waals surface area contributed by atoms with E-state index in [9.17, 15) is 18.8 Å². The lowest BCUT2D eigenvalue weighted by molar-refractivity contribution is -0.133. The molecule has 0 spiro atoms. The summed E-state index contributed by atoms with van der Waals surface area (Å²) in [7, 11) is 3.01. The first kappa shape index (κ1) is 33.0. The SMILES string of the molecule is COc1ccc(N(C(=O)Nc2ccc(F)cc2)C(C)c2nc3ccc(Cl)cc3c(=O)n2N2CCN(C(=O)C3CCCN3)CC2)c(OC)c1.[HH].[HH].